The third-order valence-electron chi connectivity index (χ3n) is 3.12. The van der Waals surface area contributed by atoms with E-state index in [4.69, 9.17) is 4.74 Å². The Kier molecular flexibility index (Phi) is 5.31. The number of carbonyl (C=O) groups is 1. The van der Waals surface area contributed by atoms with Gasteiger partial charge < -0.3 is 15.0 Å². The molecule has 0 aromatic carbocycles. The van der Waals surface area contributed by atoms with Crippen molar-refractivity contribution in [2.45, 2.75) is 13.0 Å². The average molecular weight is 250 g/mol. The Bertz CT molecular complexity index is 228. The van der Waals surface area contributed by atoms with Gasteiger partial charge in [0, 0.05) is 45.3 Å². The summed E-state index contributed by atoms with van der Waals surface area (Å²) < 4.78 is 4.97. The molecule has 6 heteroatoms. The van der Waals surface area contributed by atoms with Gasteiger partial charge in [-0.15, -0.1) is 12.4 Å². The minimum Gasteiger partial charge on any atom is -0.450 e. The zero-order chi connectivity index (χ0) is 10.7. The van der Waals surface area contributed by atoms with Crippen molar-refractivity contribution in [1.29, 1.82) is 0 Å². The van der Waals surface area contributed by atoms with Crippen molar-refractivity contribution in [2.24, 2.45) is 0 Å². The first-order valence-corrected chi connectivity index (χ1v) is 5.67. The SMILES string of the molecule is CCOC(=O)N1CCN(C2CNC2)CC1.Cl. The third-order valence-corrected chi connectivity index (χ3v) is 3.12. The second-order valence-corrected chi connectivity index (χ2v) is 4.03. The summed E-state index contributed by atoms with van der Waals surface area (Å²) in [6, 6.07) is 0.689. The van der Waals surface area contributed by atoms with E-state index < -0.39 is 0 Å². The van der Waals surface area contributed by atoms with Crippen LogP contribution in [0.3, 0.4) is 0 Å². The predicted octanol–water partition coefficient (Wildman–Crippen LogP) is 0.154. The lowest BCUT2D eigenvalue weighted by Gasteiger charge is -2.42. The van der Waals surface area contributed by atoms with Gasteiger partial charge >= 0.3 is 6.09 Å². The first-order chi connectivity index (χ1) is 7.31. The van der Waals surface area contributed by atoms with Crippen LogP contribution in [-0.4, -0.2) is 67.8 Å². The molecular weight excluding hydrogens is 230 g/mol. The molecule has 0 radical (unpaired) electrons. The van der Waals surface area contributed by atoms with E-state index in [-0.39, 0.29) is 18.5 Å². The number of nitrogens with zero attached hydrogens (tertiary/aromatic N) is 2. The van der Waals surface area contributed by atoms with Crippen molar-refractivity contribution in [3.05, 3.63) is 0 Å². The summed E-state index contributed by atoms with van der Waals surface area (Å²) in [5.74, 6) is 0. The zero-order valence-electron chi connectivity index (χ0n) is 9.65. The van der Waals surface area contributed by atoms with Crippen molar-refractivity contribution >= 4 is 18.5 Å². The Balaban J connectivity index is 0.00000128. The number of hydrogen-bond acceptors (Lipinski definition) is 4. The lowest BCUT2D eigenvalue weighted by atomic mass is 10.1. The number of piperazine rings is 1. The highest BCUT2D eigenvalue weighted by Gasteiger charge is 2.29. The largest absolute Gasteiger partial charge is 0.450 e. The lowest BCUT2D eigenvalue weighted by molar-refractivity contribution is 0.0548. The van der Waals surface area contributed by atoms with Crippen molar-refractivity contribution in [3.8, 4) is 0 Å². The molecule has 0 saturated carbocycles. The van der Waals surface area contributed by atoms with Gasteiger partial charge in [0.05, 0.1) is 6.61 Å². The van der Waals surface area contributed by atoms with Crippen LogP contribution in [0.15, 0.2) is 0 Å². The lowest BCUT2D eigenvalue weighted by Crippen LogP contribution is -2.62. The molecule has 0 bridgehead atoms. The third kappa shape index (κ3) is 2.99. The van der Waals surface area contributed by atoms with Gasteiger partial charge in [-0.25, -0.2) is 4.79 Å². The molecule has 1 N–H and O–H groups in total. The van der Waals surface area contributed by atoms with Crippen LogP contribution in [0.4, 0.5) is 4.79 Å². The minimum atomic E-state index is -0.163. The highest BCUT2D eigenvalue weighted by Crippen LogP contribution is 2.10. The zero-order valence-corrected chi connectivity index (χ0v) is 10.5. The van der Waals surface area contributed by atoms with E-state index in [0.717, 1.165) is 39.3 Å². The Morgan fingerprint density at radius 2 is 1.94 bits per heavy atom. The summed E-state index contributed by atoms with van der Waals surface area (Å²) in [5.41, 5.74) is 0. The van der Waals surface area contributed by atoms with Crippen LogP contribution >= 0.6 is 12.4 Å². The summed E-state index contributed by atoms with van der Waals surface area (Å²) in [5, 5.41) is 3.27. The first-order valence-electron chi connectivity index (χ1n) is 5.67. The Hall–Kier alpha value is -0.520. The molecule has 2 fully saturated rings. The van der Waals surface area contributed by atoms with E-state index in [1.165, 1.54) is 0 Å². The number of halogens is 1. The van der Waals surface area contributed by atoms with E-state index in [0.29, 0.717) is 12.6 Å². The molecule has 0 aromatic rings. The minimum absolute atomic E-state index is 0. The number of ether oxygens (including phenoxy) is 1. The maximum Gasteiger partial charge on any atom is 0.409 e. The summed E-state index contributed by atoms with van der Waals surface area (Å²) in [7, 11) is 0. The molecule has 2 aliphatic heterocycles. The van der Waals surface area contributed by atoms with Crippen LogP contribution in [0.2, 0.25) is 0 Å². The van der Waals surface area contributed by atoms with E-state index in [1.807, 2.05) is 6.92 Å². The van der Waals surface area contributed by atoms with Gasteiger partial charge in [0.15, 0.2) is 0 Å². The molecule has 16 heavy (non-hydrogen) atoms. The average Bonchev–Trinajstić information content (AvgIpc) is 2.16. The maximum absolute atomic E-state index is 11.4. The molecule has 0 atom stereocenters. The fourth-order valence-corrected chi connectivity index (χ4v) is 2.02. The van der Waals surface area contributed by atoms with Crippen molar-refractivity contribution in [1.82, 2.24) is 15.1 Å². The molecular formula is C10H20ClN3O2. The molecule has 2 rings (SSSR count). The topological polar surface area (TPSA) is 44.8 Å². The monoisotopic (exact) mass is 249 g/mol. The first kappa shape index (κ1) is 13.5. The van der Waals surface area contributed by atoms with Crippen LogP contribution in [0.1, 0.15) is 6.92 Å². The van der Waals surface area contributed by atoms with Gasteiger partial charge in [-0.1, -0.05) is 0 Å². The summed E-state index contributed by atoms with van der Waals surface area (Å²) in [6.45, 7) is 8.06. The van der Waals surface area contributed by atoms with Gasteiger partial charge in [0.25, 0.3) is 0 Å². The number of amides is 1. The normalized spacial score (nSPS) is 22.2. The summed E-state index contributed by atoms with van der Waals surface area (Å²) in [4.78, 5) is 15.7. The van der Waals surface area contributed by atoms with Crippen LogP contribution in [-0.2, 0) is 4.74 Å². The smallest absolute Gasteiger partial charge is 0.409 e. The van der Waals surface area contributed by atoms with Gasteiger partial charge in [-0.05, 0) is 6.92 Å². The molecule has 2 saturated heterocycles. The second kappa shape index (κ2) is 6.27. The van der Waals surface area contributed by atoms with Gasteiger partial charge in [-0.2, -0.15) is 0 Å². The fourth-order valence-electron chi connectivity index (χ4n) is 2.02. The quantitative estimate of drug-likeness (QED) is 0.757. The molecule has 2 aliphatic rings. The number of carbonyl (C=O) groups excluding carboxylic acids is 1. The Labute approximate surface area is 103 Å². The standard InChI is InChI=1S/C10H19N3O2.ClH/c1-2-15-10(14)13-5-3-12(4-6-13)9-7-11-8-9;/h9,11H,2-8H2,1H3;1H. The van der Waals surface area contributed by atoms with Crippen LogP contribution in [0, 0.1) is 0 Å². The van der Waals surface area contributed by atoms with Crippen LogP contribution in [0.5, 0.6) is 0 Å². The molecule has 1 amide bonds. The van der Waals surface area contributed by atoms with Crippen LogP contribution in [0.25, 0.3) is 0 Å². The highest BCUT2D eigenvalue weighted by molar-refractivity contribution is 5.85. The molecule has 0 spiro atoms. The molecule has 0 aliphatic carbocycles. The van der Waals surface area contributed by atoms with E-state index in [2.05, 4.69) is 10.2 Å². The number of nitrogens with one attached hydrogen (secondary N) is 1. The molecule has 5 nitrogen and oxygen atoms in total. The van der Waals surface area contributed by atoms with Crippen molar-refractivity contribution < 1.29 is 9.53 Å². The summed E-state index contributed by atoms with van der Waals surface area (Å²) in [6.07, 6.45) is -0.163. The van der Waals surface area contributed by atoms with E-state index in [1.54, 1.807) is 4.90 Å². The molecule has 94 valence electrons. The second-order valence-electron chi connectivity index (χ2n) is 4.03. The molecule has 0 aromatic heterocycles. The van der Waals surface area contributed by atoms with Crippen LogP contribution < -0.4 is 5.32 Å². The van der Waals surface area contributed by atoms with E-state index >= 15 is 0 Å². The van der Waals surface area contributed by atoms with Gasteiger partial charge in [0.2, 0.25) is 0 Å². The number of hydrogen-bond donors (Lipinski definition) is 1. The highest BCUT2D eigenvalue weighted by atomic mass is 35.5. The van der Waals surface area contributed by atoms with E-state index in [9.17, 15) is 4.79 Å². The number of rotatable bonds is 2. The predicted molar refractivity (Wildman–Crippen MR) is 64.1 cm³/mol. The van der Waals surface area contributed by atoms with Gasteiger partial charge in [-0.3, -0.25) is 4.90 Å². The Morgan fingerprint density at radius 3 is 2.38 bits per heavy atom. The maximum atomic E-state index is 11.4. The molecule has 0 unspecified atom stereocenters. The fraction of sp³-hybridized carbons (Fsp3) is 0.900. The Morgan fingerprint density at radius 1 is 1.31 bits per heavy atom. The van der Waals surface area contributed by atoms with Gasteiger partial charge in [0.1, 0.15) is 0 Å². The molecule has 2 heterocycles. The summed E-state index contributed by atoms with van der Waals surface area (Å²) >= 11 is 0. The van der Waals surface area contributed by atoms with Crippen molar-refractivity contribution in [2.75, 3.05) is 45.9 Å². The van der Waals surface area contributed by atoms with Crippen molar-refractivity contribution in [3.63, 3.8) is 0 Å².